The van der Waals surface area contributed by atoms with Gasteiger partial charge in [0.15, 0.2) is 9.84 Å². The van der Waals surface area contributed by atoms with Crippen LogP contribution in [0.3, 0.4) is 0 Å². The van der Waals surface area contributed by atoms with Crippen LogP contribution in [0.4, 0.5) is 11.8 Å². The molecule has 10 nitrogen and oxygen atoms in total. The van der Waals surface area contributed by atoms with Crippen LogP contribution < -0.4 is 10.6 Å². The third kappa shape index (κ3) is 4.06. The smallest absolute Gasteiger partial charge is 0.225 e. The lowest BCUT2D eigenvalue weighted by Gasteiger charge is -2.26. The average Bonchev–Trinajstić information content (AvgIpc) is 3.89. The maximum Gasteiger partial charge on any atom is 0.225 e. The first-order valence-corrected chi connectivity index (χ1v) is 16.5. The third-order valence-corrected chi connectivity index (χ3v) is 12.3. The number of sulfone groups is 1. The number of thiazole rings is 1. The number of hydrogen-bond acceptors (Lipinski definition) is 11. The van der Waals surface area contributed by atoms with Crippen molar-refractivity contribution in [2.24, 2.45) is 5.92 Å². The van der Waals surface area contributed by atoms with Crippen molar-refractivity contribution in [3.05, 3.63) is 54.0 Å². The molecule has 0 spiro atoms. The lowest BCUT2D eigenvalue weighted by atomic mass is 10.1. The highest BCUT2D eigenvalue weighted by molar-refractivity contribution is 7.92. The Morgan fingerprint density at radius 3 is 2.49 bits per heavy atom. The SMILES string of the molecule is Cc1nc(NC2CC2)nc(N[C@@H]2C[C@@H]3C(S(=O)(=O)c4ccccc4)[C@]3(O)[C@H]2O)c1-c1nc2c(C3CC3)nccc2s1. The molecule has 4 aliphatic carbocycles. The first kappa shape index (κ1) is 25.5. The molecule has 12 heteroatoms. The van der Waals surface area contributed by atoms with Crippen LogP contribution in [-0.4, -0.2) is 67.6 Å². The maximum atomic E-state index is 13.3. The van der Waals surface area contributed by atoms with E-state index in [1.54, 1.807) is 29.5 Å². The van der Waals surface area contributed by atoms with Gasteiger partial charge < -0.3 is 20.8 Å². The highest BCUT2D eigenvalue weighted by Gasteiger charge is 2.78. The van der Waals surface area contributed by atoms with Crippen molar-refractivity contribution in [2.45, 2.75) is 78.9 Å². The van der Waals surface area contributed by atoms with Gasteiger partial charge in [0.05, 0.1) is 32.6 Å². The molecule has 3 heterocycles. The molecule has 5 atom stereocenters. The van der Waals surface area contributed by atoms with Gasteiger partial charge in [-0.1, -0.05) is 18.2 Å². The van der Waals surface area contributed by atoms with Gasteiger partial charge in [-0.05, 0) is 57.2 Å². The zero-order valence-corrected chi connectivity index (χ0v) is 24.0. The molecule has 1 unspecified atom stereocenters. The van der Waals surface area contributed by atoms with Gasteiger partial charge >= 0.3 is 0 Å². The van der Waals surface area contributed by atoms with Crippen molar-refractivity contribution in [3.63, 3.8) is 0 Å². The van der Waals surface area contributed by atoms with Crippen molar-refractivity contribution in [2.75, 3.05) is 10.6 Å². The molecule has 0 aliphatic heterocycles. The zero-order chi connectivity index (χ0) is 28.1. The van der Waals surface area contributed by atoms with Crippen LogP contribution in [0.2, 0.25) is 0 Å². The first-order valence-electron chi connectivity index (χ1n) is 14.1. The molecule has 0 amide bonds. The lowest BCUT2D eigenvalue weighted by Crippen LogP contribution is -2.43. The van der Waals surface area contributed by atoms with Crippen molar-refractivity contribution in [3.8, 4) is 10.6 Å². The van der Waals surface area contributed by atoms with Crippen LogP contribution >= 0.6 is 11.3 Å². The quantitative estimate of drug-likeness (QED) is 0.239. The topological polar surface area (TPSA) is 150 Å². The van der Waals surface area contributed by atoms with Gasteiger partial charge in [0.1, 0.15) is 33.3 Å². The van der Waals surface area contributed by atoms with Gasteiger partial charge in [-0.3, -0.25) is 4.98 Å². The number of fused-ring (bicyclic) bond motifs is 2. The monoisotopic (exact) mass is 590 g/mol. The Hall–Kier alpha value is -3.19. The van der Waals surface area contributed by atoms with Crippen molar-refractivity contribution in [1.82, 2.24) is 19.9 Å². The second-order valence-electron chi connectivity index (χ2n) is 11.8. The number of nitrogens with one attached hydrogen (secondary N) is 2. The van der Waals surface area contributed by atoms with E-state index < -0.39 is 38.8 Å². The molecule has 41 heavy (non-hydrogen) atoms. The van der Waals surface area contributed by atoms with E-state index >= 15 is 0 Å². The van der Waals surface area contributed by atoms with Crippen LogP contribution in [0.5, 0.6) is 0 Å². The predicted molar refractivity (Wildman–Crippen MR) is 156 cm³/mol. The van der Waals surface area contributed by atoms with Gasteiger partial charge in [-0.15, -0.1) is 11.3 Å². The molecule has 4 saturated carbocycles. The Morgan fingerprint density at radius 1 is 1.02 bits per heavy atom. The number of nitrogens with zero attached hydrogens (tertiary/aromatic N) is 4. The Labute approximate surface area is 241 Å². The predicted octanol–water partition coefficient (Wildman–Crippen LogP) is 3.66. The number of rotatable bonds is 8. The molecule has 4 aliphatic rings. The molecule has 4 aromatic rings. The Bertz CT molecular complexity index is 1790. The van der Waals surface area contributed by atoms with E-state index in [1.807, 2.05) is 19.2 Å². The fourth-order valence-electron chi connectivity index (χ4n) is 6.44. The van der Waals surface area contributed by atoms with Crippen LogP contribution in [0.1, 0.15) is 49.4 Å². The second kappa shape index (κ2) is 8.90. The summed E-state index contributed by atoms with van der Waals surface area (Å²) in [6.45, 7) is 1.92. The minimum absolute atomic E-state index is 0.157. The van der Waals surface area contributed by atoms with Gasteiger partial charge in [-0.25, -0.2) is 18.4 Å². The molecule has 0 bridgehead atoms. The summed E-state index contributed by atoms with van der Waals surface area (Å²) in [5.41, 5.74) is 1.70. The zero-order valence-electron chi connectivity index (χ0n) is 22.4. The van der Waals surface area contributed by atoms with E-state index in [0.717, 1.165) is 57.9 Å². The molecule has 1 aromatic carbocycles. The van der Waals surface area contributed by atoms with E-state index in [2.05, 4.69) is 15.6 Å². The van der Waals surface area contributed by atoms with Crippen LogP contribution in [0.25, 0.3) is 20.8 Å². The summed E-state index contributed by atoms with van der Waals surface area (Å²) >= 11 is 1.56. The lowest BCUT2D eigenvalue weighted by molar-refractivity contribution is 0.00553. The van der Waals surface area contributed by atoms with E-state index in [4.69, 9.17) is 15.0 Å². The molecule has 0 saturated heterocycles. The number of aryl methyl sites for hydroxylation is 1. The summed E-state index contributed by atoms with van der Waals surface area (Å²) in [5, 5.41) is 29.2. The van der Waals surface area contributed by atoms with Gasteiger partial charge in [-0.2, -0.15) is 4.98 Å². The van der Waals surface area contributed by atoms with Crippen molar-refractivity contribution in [1.29, 1.82) is 0 Å². The van der Waals surface area contributed by atoms with Crippen LogP contribution in [-0.2, 0) is 9.84 Å². The number of anilines is 2. The molecule has 212 valence electrons. The number of aromatic nitrogens is 4. The molecule has 0 radical (unpaired) electrons. The summed E-state index contributed by atoms with van der Waals surface area (Å²) in [5.74, 6) is 0.885. The third-order valence-electron chi connectivity index (χ3n) is 8.91. The maximum absolute atomic E-state index is 13.3. The van der Waals surface area contributed by atoms with Crippen molar-refractivity contribution < 1.29 is 18.6 Å². The molecular formula is C29H30N6O4S2. The molecule has 4 N–H and O–H groups in total. The molecule has 4 fully saturated rings. The summed E-state index contributed by atoms with van der Waals surface area (Å²) in [7, 11) is -3.79. The Morgan fingerprint density at radius 2 is 1.80 bits per heavy atom. The average molecular weight is 591 g/mol. The number of pyridine rings is 1. The van der Waals surface area contributed by atoms with Crippen LogP contribution in [0.15, 0.2) is 47.5 Å². The Kier molecular flexibility index (Phi) is 5.54. The minimum atomic E-state index is -3.79. The summed E-state index contributed by atoms with van der Waals surface area (Å²) in [6.07, 6.45) is 5.22. The fourth-order valence-corrected chi connectivity index (χ4v) is 9.83. The number of benzene rings is 1. The second-order valence-corrected chi connectivity index (χ2v) is 14.9. The summed E-state index contributed by atoms with van der Waals surface area (Å²) in [6, 6.07) is 9.86. The van der Waals surface area contributed by atoms with Gasteiger partial charge in [0.2, 0.25) is 5.95 Å². The first-order chi connectivity index (χ1) is 19.7. The van der Waals surface area contributed by atoms with Gasteiger partial charge in [0, 0.05) is 24.1 Å². The van der Waals surface area contributed by atoms with E-state index in [9.17, 15) is 18.6 Å². The minimum Gasteiger partial charge on any atom is -0.388 e. The standard InChI is InChI=1S/C29H30N6O4S2/c1-14-21(27-34-23-20(40-27)11-12-30-22(23)15-7-8-15)26(35-28(31-14)32-16-9-10-16)33-19-13-18-25(29(18,37)24(19)36)41(38,39)17-5-3-2-4-6-17/h2-6,11-12,15-16,18-19,24-25,36-37H,7-10,13H2,1H3,(H2,31,32,33,35)/t18-,19-,24+,25?,29-/m1/s1. The van der Waals surface area contributed by atoms with E-state index in [0.29, 0.717) is 23.7 Å². The molecule has 3 aromatic heterocycles. The van der Waals surface area contributed by atoms with Crippen molar-refractivity contribution >= 4 is 43.2 Å². The summed E-state index contributed by atoms with van der Waals surface area (Å²) in [4.78, 5) is 19.3. The molecular weight excluding hydrogens is 560 g/mol. The highest BCUT2D eigenvalue weighted by Crippen LogP contribution is 2.61. The number of aliphatic hydroxyl groups excluding tert-OH is 1. The highest BCUT2D eigenvalue weighted by atomic mass is 32.2. The normalized spacial score (nSPS) is 29.0. The number of aliphatic hydroxyl groups is 2. The van der Waals surface area contributed by atoms with Gasteiger partial charge in [0.25, 0.3) is 0 Å². The largest absolute Gasteiger partial charge is 0.388 e. The number of hydrogen-bond donors (Lipinski definition) is 4. The fraction of sp³-hybridized carbons (Fsp3) is 0.448. The van der Waals surface area contributed by atoms with E-state index in [-0.39, 0.29) is 11.3 Å². The van der Waals surface area contributed by atoms with E-state index in [1.165, 1.54) is 12.1 Å². The molecule has 8 rings (SSSR count). The van der Waals surface area contributed by atoms with Crippen LogP contribution in [0, 0.1) is 12.8 Å². The Balaban J connectivity index is 1.13. The summed E-state index contributed by atoms with van der Waals surface area (Å²) < 4.78 is 27.6.